The van der Waals surface area contributed by atoms with Crippen molar-refractivity contribution in [2.75, 3.05) is 5.32 Å². The van der Waals surface area contributed by atoms with Crippen LogP contribution in [0, 0.1) is 0 Å². The van der Waals surface area contributed by atoms with Gasteiger partial charge in [-0.25, -0.2) is 14.5 Å². The fourth-order valence-corrected chi connectivity index (χ4v) is 2.12. The standard InChI is InChI=1S/C12H11N7OS/c20-11(16-12-14-5-6-21-12)15-7-9-8-19(18-17-9)10-1-3-13-4-2-10/h1-6,8H,7H2,(H2,14,15,16,20). The summed E-state index contributed by atoms with van der Waals surface area (Å²) in [6, 6.07) is 3.31. The first kappa shape index (κ1) is 13.2. The molecule has 2 N–H and O–H groups in total. The highest BCUT2D eigenvalue weighted by molar-refractivity contribution is 7.13. The van der Waals surface area contributed by atoms with Crippen LogP contribution in [0.2, 0.25) is 0 Å². The number of nitrogens with one attached hydrogen (secondary N) is 2. The molecule has 3 aromatic heterocycles. The van der Waals surface area contributed by atoms with Crippen molar-refractivity contribution in [2.24, 2.45) is 0 Å². The van der Waals surface area contributed by atoms with E-state index in [-0.39, 0.29) is 12.6 Å². The Balaban J connectivity index is 1.56. The molecule has 0 aliphatic rings. The maximum Gasteiger partial charge on any atom is 0.321 e. The van der Waals surface area contributed by atoms with Crippen LogP contribution in [0.3, 0.4) is 0 Å². The van der Waals surface area contributed by atoms with Crippen molar-refractivity contribution in [2.45, 2.75) is 6.54 Å². The number of thiazole rings is 1. The molecular weight excluding hydrogens is 290 g/mol. The molecule has 3 rings (SSSR count). The zero-order valence-electron chi connectivity index (χ0n) is 10.8. The van der Waals surface area contributed by atoms with Crippen LogP contribution in [0.1, 0.15) is 5.69 Å². The number of rotatable bonds is 4. The summed E-state index contributed by atoms with van der Waals surface area (Å²) in [4.78, 5) is 19.5. The molecule has 3 heterocycles. The maximum atomic E-state index is 11.6. The lowest BCUT2D eigenvalue weighted by atomic mass is 10.4. The van der Waals surface area contributed by atoms with Crippen molar-refractivity contribution in [1.82, 2.24) is 30.3 Å². The Morgan fingerprint density at radius 1 is 1.29 bits per heavy atom. The topological polar surface area (TPSA) is 97.6 Å². The van der Waals surface area contributed by atoms with E-state index in [9.17, 15) is 4.79 Å². The molecule has 0 fully saturated rings. The molecule has 9 heteroatoms. The van der Waals surface area contributed by atoms with Gasteiger partial charge in [0.2, 0.25) is 0 Å². The molecule has 3 aromatic rings. The van der Waals surface area contributed by atoms with Gasteiger partial charge in [-0.15, -0.1) is 16.4 Å². The van der Waals surface area contributed by atoms with Crippen LogP contribution in [0.25, 0.3) is 5.69 Å². The van der Waals surface area contributed by atoms with E-state index in [1.807, 2.05) is 12.1 Å². The molecule has 2 amide bonds. The quantitative estimate of drug-likeness (QED) is 0.760. The van der Waals surface area contributed by atoms with Crippen LogP contribution in [0.15, 0.2) is 42.3 Å². The fourth-order valence-electron chi connectivity index (χ4n) is 1.60. The Hall–Kier alpha value is -2.81. The van der Waals surface area contributed by atoms with Gasteiger partial charge in [0.1, 0.15) is 5.69 Å². The number of hydrogen-bond acceptors (Lipinski definition) is 6. The minimum atomic E-state index is -0.330. The average molecular weight is 301 g/mol. The summed E-state index contributed by atoms with van der Waals surface area (Å²) in [6.45, 7) is 0.280. The molecule has 21 heavy (non-hydrogen) atoms. The highest BCUT2D eigenvalue weighted by atomic mass is 32.1. The molecule has 0 aromatic carbocycles. The van der Waals surface area contributed by atoms with E-state index in [2.05, 4.69) is 30.9 Å². The van der Waals surface area contributed by atoms with Gasteiger partial charge in [-0.2, -0.15) is 0 Å². The van der Waals surface area contributed by atoms with Gasteiger partial charge in [-0.05, 0) is 12.1 Å². The third kappa shape index (κ3) is 3.39. The zero-order valence-corrected chi connectivity index (χ0v) is 11.6. The van der Waals surface area contributed by atoms with E-state index in [0.717, 1.165) is 5.69 Å². The molecule has 0 saturated carbocycles. The largest absolute Gasteiger partial charge is 0.332 e. The second-order valence-corrected chi connectivity index (χ2v) is 4.90. The maximum absolute atomic E-state index is 11.6. The van der Waals surface area contributed by atoms with Gasteiger partial charge in [-0.3, -0.25) is 10.3 Å². The predicted octanol–water partition coefficient (Wildman–Crippen LogP) is 1.44. The molecule has 0 bridgehead atoms. The van der Waals surface area contributed by atoms with Crippen LogP contribution in [-0.4, -0.2) is 31.0 Å². The zero-order chi connectivity index (χ0) is 14.5. The van der Waals surface area contributed by atoms with E-state index in [4.69, 9.17) is 0 Å². The van der Waals surface area contributed by atoms with Crippen LogP contribution in [0.4, 0.5) is 9.93 Å². The average Bonchev–Trinajstić information content (AvgIpc) is 3.17. The third-order valence-corrected chi connectivity index (χ3v) is 3.24. The van der Waals surface area contributed by atoms with E-state index in [1.165, 1.54) is 11.3 Å². The molecule has 0 saturated heterocycles. The molecule has 8 nitrogen and oxygen atoms in total. The molecule has 0 aliphatic carbocycles. The van der Waals surface area contributed by atoms with Gasteiger partial charge < -0.3 is 5.32 Å². The molecule has 0 aliphatic heterocycles. The number of aromatic nitrogens is 5. The Labute approximate surface area is 123 Å². The summed E-state index contributed by atoms with van der Waals surface area (Å²) in [5, 5.41) is 15.6. The van der Waals surface area contributed by atoms with E-state index in [1.54, 1.807) is 34.8 Å². The van der Waals surface area contributed by atoms with Crippen molar-refractivity contribution >= 4 is 22.5 Å². The van der Waals surface area contributed by atoms with Crippen molar-refractivity contribution in [3.63, 3.8) is 0 Å². The highest BCUT2D eigenvalue weighted by Crippen LogP contribution is 2.09. The summed E-state index contributed by atoms with van der Waals surface area (Å²) in [5.41, 5.74) is 1.51. The normalized spacial score (nSPS) is 10.3. The molecule has 0 atom stereocenters. The van der Waals surface area contributed by atoms with Crippen molar-refractivity contribution in [1.29, 1.82) is 0 Å². The van der Waals surface area contributed by atoms with E-state index >= 15 is 0 Å². The van der Waals surface area contributed by atoms with Crippen LogP contribution < -0.4 is 10.6 Å². The molecule has 0 spiro atoms. The third-order valence-electron chi connectivity index (χ3n) is 2.55. The minimum Gasteiger partial charge on any atom is -0.332 e. The molecular formula is C12H11N7OS. The lowest BCUT2D eigenvalue weighted by Crippen LogP contribution is -2.28. The lowest BCUT2D eigenvalue weighted by molar-refractivity contribution is 0.251. The summed E-state index contributed by atoms with van der Waals surface area (Å²) < 4.78 is 1.62. The van der Waals surface area contributed by atoms with Gasteiger partial charge in [0.25, 0.3) is 0 Å². The Morgan fingerprint density at radius 2 is 2.14 bits per heavy atom. The molecule has 0 unspecified atom stereocenters. The Kier molecular flexibility index (Phi) is 3.83. The summed E-state index contributed by atoms with van der Waals surface area (Å²) in [6.07, 6.45) is 6.73. The van der Waals surface area contributed by atoms with Crippen LogP contribution >= 0.6 is 11.3 Å². The van der Waals surface area contributed by atoms with E-state index in [0.29, 0.717) is 10.8 Å². The number of hydrogen-bond donors (Lipinski definition) is 2. The van der Waals surface area contributed by atoms with Gasteiger partial charge in [0.05, 0.1) is 18.4 Å². The lowest BCUT2D eigenvalue weighted by Gasteiger charge is -2.02. The minimum absolute atomic E-state index is 0.280. The van der Waals surface area contributed by atoms with E-state index < -0.39 is 0 Å². The summed E-state index contributed by atoms with van der Waals surface area (Å²) in [7, 11) is 0. The van der Waals surface area contributed by atoms with Crippen LogP contribution in [0.5, 0.6) is 0 Å². The second kappa shape index (κ2) is 6.09. The van der Waals surface area contributed by atoms with Gasteiger partial charge >= 0.3 is 6.03 Å². The first-order valence-electron chi connectivity index (χ1n) is 6.07. The number of nitrogens with zero attached hydrogens (tertiary/aromatic N) is 5. The second-order valence-electron chi connectivity index (χ2n) is 4.00. The van der Waals surface area contributed by atoms with Gasteiger partial charge in [0, 0.05) is 24.0 Å². The fraction of sp³-hybridized carbons (Fsp3) is 0.0833. The number of anilines is 1. The highest BCUT2D eigenvalue weighted by Gasteiger charge is 2.06. The monoisotopic (exact) mass is 301 g/mol. The van der Waals surface area contributed by atoms with Crippen LogP contribution in [-0.2, 0) is 6.54 Å². The number of amides is 2. The number of carbonyl (C=O) groups excluding carboxylic acids is 1. The van der Waals surface area contributed by atoms with Crippen molar-refractivity contribution in [3.05, 3.63) is 48.0 Å². The van der Waals surface area contributed by atoms with Gasteiger partial charge in [-0.1, -0.05) is 5.21 Å². The van der Waals surface area contributed by atoms with Gasteiger partial charge in [0.15, 0.2) is 5.13 Å². The van der Waals surface area contributed by atoms with Crippen molar-refractivity contribution in [3.8, 4) is 5.69 Å². The Morgan fingerprint density at radius 3 is 2.90 bits per heavy atom. The predicted molar refractivity (Wildman–Crippen MR) is 77.1 cm³/mol. The number of urea groups is 1. The molecule has 106 valence electrons. The molecule has 0 radical (unpaired) electrons. The van der Waals surface area contributed by atoms with Crippen molar-refractivity contribution < 1.29 is 4.79 Å². The summed E-state index contributed by atoms with van der Waals surface area (Å²) >= 11 is 1.35. The first-order valence-corrected chi connectivity index (χ1v) is 6.95. The smallest absolute Gasteiger partial charge is 0.321 e. The SMILES string of the molecule is O=C(NCc1cn(-c2ccncc2)nn1)Nc1nccs1. The Bertz CT molecular complexity index is 710. The first-order chi connectivity index (χ1) is 10.3. The number of pyridine rings is 1. The summed E-state index contributed by atoms with van der Waals surface area (Å²) in [5.74, 6) is 0. The number of carbonyl (C=O) groups is 1.